The Labute approximate surface area is 174 Å². The molecule has 1 heterocycles. The predicted octanol–water partition coefficient (Wildman–Crippen LogP) is 5.80. The fourth-order valence-corrected chi connectivity index (χ4v) is 5.11. The molecule has 0 fully saturated rings. The zero-order valence-corrected chi connectivity index (χ0v) is 16.4. The lowest BCUT2D eigenvalue weighted by atomic mass is 9.63. The zero-order valence-electron chi connectivity index (χ0n) is 16.4. The molecule has 30 heavy (non-hydrogen) atoms. The number of carbonyl (C=O) groups is 1. The molecule has 0 atom stereocenters. The van der Waals surface area contributed by atoms with Crippen LogP contribution in [0.2, 0.25) is 0 Å². The van der Waals surface area contributed by atoms with Crippen molar-refractivity contribution in [1.82, 2.24) is 0 Å². The van der Waals surface area contributed by atoms with Crippen LogP contribution in [0.5, 0.6) is 5.75 Å². The van der Waals surface area contributed by atoms with Crippen LogP contribution >= 0.6 is 0 Å². The van der Waals surface area contributed by atoms with Gasteiger partial charge in [0.15, 0.2) is 5.78 Å². The van der Waals surface area contributed by atoms with E-state index in [0.29, 0.717) is 17.9 Å². The molecule has 0 radical (unpaired) electrons. The van der Waals surface area contributed by atoms with Gasteiger partial charge in [-0.25, -0.2) is 0 Å². The number of rotatable bonds is 3. The highest BCUT2D eigenvalue weighted by Crippen LogP contribution is 2.46. The Morgan fingerprint density at radius 2 is 1.70 bits per heavy atom. The molecule has 3 heteroatoms. The van der Waals surface area contributed by atoms with Crippen LogP contribution in [0, 0.1) is 0 Å². The second-order valence-electron chi connectivity index (χ2n) is 8.24. The van der Waals surface area contributed by atoms with Gasteiger partial charge in [0.2, 0.25) is 0 Å². The first kappa shape index (κ1) is 17.3. The normalized spacial score (nSPS) is 16.1. The molecule has 2 aliphatic carbocycles. The molecular weight excluding hydrogens is 372 g/mol. The van der Waals surface area contributed by atoms with E-state index in [1.165, 1.54) is 21.9 Å². The minimum atomic E-state index is -0.235. The molecule has 0 saturated carbocycles. The second kappa shape index (κ2) is 6.46. The first-order chi connectivity index (χ1) is 14.7. The van der Waals surface area contributed by atoms with Crippen LogP contribution in [-0.4, -0.2) is 5.78 Å². The third-order valence-corrected chi connectivity index (χ3v) is 6.43. The Hall–Kier alpha value is -3.59. The van der Waals surface area contributed by atoms with Gasteiger partial charge < -0.3 is 9.15 Å². The number of fused-ring (bicyclic) bond motifs is 2. The van der Waals surface area contributed by atoms with Gasteiger partial charge in [0.1, 0.15) is 12.4 Å². The van der Waals surface area contributed by atoms with Crippen LogP contribution < -0.4 is 4.74 Å². The molecule has 6 rings (SSSR count). The van der Waals surface area contributed by atoms with E-state index in [-0.39, 0.29) is 11.2 Å². The maximum absolute atomic E-state index is 12.9. The first-order valence-corrected chi connectivity index (χ1v) is 10.2. The minimum Gasteiger partial charge on any atom is -0.488 e. The molecule has 146 valence electrons. The summed E-state index contributed by atoms with van der Waals surface area (Å²) < 4.78 is 11.2. The average Bonchev–Trinajstić information content (AvgIpc) is 3.29. The van der Waals surface area contributed by atoms with Crippen molar-refractivity contribution in [2.24, 2.45) is 0 Å². The molecule has 4 aromatic rings. The largest absolute Gasteiger partial charge is 0.488 e. The van der Waals surface area contributed by atoms with Gasteiger partial charge in [0.25, 0.3) is 0 Å². The van der Waals surface area contributed by atoms with Gasteiger partial charge in [-0.05, 0) is 58.5 Å². The number of carbonyl (C=O) groups excluding carboxylic acids is 1. The van der Waals surface area contributed by atoms with Gasteiger partial charge in [-0.15, -0.1) is 0 Å². The Morgan fingerprint density at radius 3 is 2.43 bits per heavy atom. The Kier molecular flexibility index (Phi) is 3.72. The number of hydrogen-bond donors (Lipinski definition) is 0. The van der Waals surface area contributed by atoms with Gasteiger partial charge in [0.05, 0.1) is 18.1 Å². The lowest BCUT2D eigenvalue weighted by molar-refractivity contribution is 0.103. The molecule has 2 aliphatic rings. The molecule has 3 aromatic carbocycles. The number of hydrogen-bond acceptors (Lipinski definition) is 3. The van der Waals surface area contributed by atoms with E-state index in [9.17, 15) is 4.79 Å². The topological polar surface area (TPSA) is 39.4 Å². The fraction of sp³-hybridized carbons (Fsp3) is 0.148. The van der Waals surface area contributed by atoms with Crippen LogP contribution in [-0.2, 0) is 24.9 Å². The summed E-state index contributed by atoms with van der Waals surface area (Å²) in [6.45, 7) is 0.374. The van der Waals surface area contributed by atoms with Gasteiger partial charge >= 0.3 is 0 Å². The summed E-state index contributed by atoms with van der Waals surface area (Å²) in [4.78, 5) is 12.9. The second-order valence-corrected chi connectivity index (χ2v) is 8.24. The number of ether oxygens (including phenoxy) is 1. The van der Waals surface area contributed by atoms with Crippen LogP contribution in [0.25, 0.3) is 10.8 Å². The minimum absolute atomic E-state index is 0.00971. The van der Waals surface area contributed by atoms with Gasteiger partial charge in [-0.1, -0.05) is 54.6 Å². The van der Waals surface area contributed by atoms with E-state index in [1.54, 1.807) is 18.6 Å². The maximum atomic E-state index is 12.9. The van der Waals surface area contributed by atoms with Crippen molar-refractivity contribution in [3.05, 3.63) is 113 Å². The molecule has 0 aliphatic heterocycles. The van der Waals surface area contributed by atoms with Crippen molar-refractivity contribution in [3.63, 3.8) is 0 Å². The third kappa shape index (κ3) is 2.55. The molecule has 1 spiro atoms. The summed E-state index contributed by atoms with van der Waals surface area (Å²) in [5.41, 5.74) is 5.13. The summed E-state index contributed by atoms with van der Waals surface area (Å²) in [6.07, 6.45) is 8.90. The molecule has 3 nitrogen and oxygen atoms in total. The lowest BCUT2D eigenvalue weighted by Gasteiger charge is -2.39. The van der Waals surface area contributed by atoms with E-state index in [0.717, 1.165) is 24.0 Å². The monoisotopic (exact) mass is 392 g/mol. The molecule has 0 amide bonds. The Balaban J connectivity index is 1.46. The summed E-state index contributed by atoms with van der Waals surface area (Å²) in [5, 5.41) is 2.65. The van der Waals surface area contributed by atoms with E-state index in [2.05, 4.69) is 48.5 Å². The summed E-state index contributed by atoms with van der Waals surface area (Å²) in [7, 11) is 0. The van der Waals surface area contributed by atoms with Crippen molar-refractivity contribution in [2.45, 2.75) is 24.9 Å². The number of ketones is 1. The Bertz CT molecular complexity index is 1270. The number of allylic oxidation sites excluding steroid dienone is 2. The highest BCUT2D eigenvalue weighted by Gasteiger charge is 2.40. The van der Waals surface area contributed by atoms with Gasteiger partial charge in [0, 0.05) is 11.0 Å². The van der Waals surface area contributed by atoms with E-state index in [1.807, 2.05) is 18.2 Å². The van der Waals surface area contributed by atoms with Crippen LogP contribution in [0.3, 0.4) is 0 Å². The standard InChI is InChI=1S/C27H20O3/c28-23-10-12-27(14-20-6-1-4-19-5-2-7-21(15-27)25(19)20)22-8-3-9-24(26(22)23)30-17-18-11-13-29-16-18/h1-13,16H,14-15,17H2. The number of benzene rings is 3. The summed E-state index contributed by atoms with van der Waals surface area (Å²) >= 11 is 0. The summed E-state index contributed by atoms with van der Waals surface area (Å²) in [5.74, 6) is 0.648. The molecular formula is C27H20O3. The molecule has 0 N–H and O–H groups in total. The van der Waals surface area contributed by atoms with Crippen molar-refractivity contribution in [1.29, 1.82) is 0 Å². The predicted molar refractivity (Wildman–Crippen MR) is 116 cm³/mol. The molecule has 0 bridgehead atoms. The van der Waals surface area contributed by atoms with Crippen molar-refractivity contribution >= 4 is 16.6 Å². The first-order valence-electron chi connectivity index (χ1n) is 10.2. The maximum Gasteiger partial charge on any atom is 0.189 e. The number of furan rings is 1. The highest BCUT2D eigenvalue weighted by atomic mass is 16.5. The quantitative estimate of drug-likeness (QED) is 0.442. The SMILES string of the molecule is O=C1C=CC2(Cc3cccc4cccc(c34)C2)c2cccc(OCc3ccoc3)c21. The van der Waals surface area contributed by atoms with Gasteiger partial charge in [-0.2, -0.15) is 0 Å². The van der Waals surface area contributed by atoms with E-state index >= 15 is 0 Å². The zero-order chi connectivity index (χ0) is 20.1. The van der Waals surface area contributed by atoms with E-state index < -0.39 is 0 Å². The Morgan fingerprint density at radius 1 is 0.933 bits per heavy atom. The fourth-order valence-electron chi connectivity index (χ4n) is 5.11. The van der Waals surface area contributed by atoms with Crippen LogP contribution in [0.1, 0.15) is 32.6 Å². The van der Waals surface area contributed by atoms with E-state index in [4.69, 9.17) is 9.15 Å². The molecule has 0 saturated heterocycles. The van der Waals surface area contributed by atoms with Crippen LogP contribution in [0.4, 0.5) is 0 Å². The molecule has 0 unspecified atom stereocenters. The smallest absolute Gasteiger partial charge is 0.189 e. The average molecular weight is 392 g/mol. The summed E-state index contributed by atoms with van der Waals surface area (Å²) in [6, 6.07) is 20.9. The van der Waals surface area contributed by atoms with Gasteiger partial charge in [-0.3, -0.25) is 4.79 Å². The third-order valence-electron chi connectivity index (χ3n) is 6.43. The van der Waals surface area contributed by atoms with Crippen molar-refractivity contribution in [3.8, 4) is 5.75 Å². The van der Waals surface area contributed by atoms with Crippen molar-refractivity contribution < 1.29 is 13.9 Å². The highest BCUT2D eigenvalue weighted by molar-refractivity contribution is 6.09. The van der Waals surface area contributed by atoms with Crippen LogP contribution in [0.15, 0.2) is 89.8 Å². The molecule has 1 aromatic heterocycles. The lowest BCUT2D eigenvalue weighted by Crippen LogP contribution is -2.36. The van der Waals surface area contributed by atoms with Crippen molar-refractivity contribution in [2.75, 3.05) is 0 Å².